The lowest BCUT2D eigenvalue weighted by Gasteiger charge is -2.12. The maximum absolute atomic E-state index is 11.5. The first-order valence-corrected chi connectivity index (χ1v) is 8.25. The van der Waals surface area contributed by atoms with Crippen molar-refractivity contribution in [3.8, 4) is 16.9 Å². The maximum atomic E-state index is 11.5. The summed E-state index contributed by atoms with van der Waals surface area (Å²) in [5.41, 5.74) is 9.03. The highest BCUT2D eigenvalue weighted by atomic mass is 35.5. The fourth-order valence-electron chi connectivity index (χ4n) is 2.54. The zero-order valence-electron chi connectivity index (χ0n) is 13.9. The van der Waals surface area contributed by atoms with Crippen molar-refractivity contribution in [1.82, 2.24) is 0 Å². The van der Waals surface area contributed by atoms with Crippen LogP contribution in [0.25, 0.3) is 11.1 Å². The maximum Gasteiger partial charge on any atom is 0.307 e. The van der Waals surface area contributed by atoms with Crippen LogP contribution in [0.2, 0.25) is 5.02 Å². The van der Waals surface area contributed by atoms with E-state index < -0.39 is 0 Å². The van der Waals surface area contributed by atoms with Crippen molar-refractivity contribution in [3.05, 3.63) is 53.1 Å². The number of hydrogen-bond acceptors (Lipinski definition) is 4. The van der Waals surface area contributed by atoms with Crippen molar-refractivity contribution in [2.24, 2.45) is 5.73 Å². The third-order valence-electron chi connectivity index (χ3n) is 3.66. The number of halogens is 1. The Morgan fingerprint density at radius 1 is 1.21 bits per heavy atom. The molecule has 0 aliphatic heterocycles. The van der Waals surface area contributed by atoms with Gasteiger partial charge in [-0.05, 0) is 42.7 Å². The minimum atomic E-state index is -0.259. The van der Waals surface area contributed by atoms with Gasteiger partial charge < -0.3 is 15.2 Å². The Labute approximate surface area is 147 Å². The summed E-state index contributed by atoms with van der Waals surface area (Å²) < 4.78 is 10.3. The van der Waals surface area contributed by atoms with Gasteiger partial charge in [-0.3, -0.25) is 4.79 Å². The Morgan fingerprint density at radius 2 is 1.92 bits per heavy atom. The van der Waals surface area contributed by atoms with E-state index >= 15 is 0 Å². The van der Waals surface area contributed by atoms with E-state index in [4.69, 9.17) is 26.8 Å². The minimum Gasteiger partial charge on any atom is -0.496 e. The Kier molecular flexibility index (Phi) is 6.64. The molecule has 2 N–H and O–H groups in total. The van der Waals surface area contributed by atoms with Crippen LogP contribution in [0.3, 0.4) is 0 Å². The van der Waals surface area contributed by atoms with E-state index in [-0.39, 0.29) is 18.4 Å². The topological polar surface area (TPSA) is 61.5 Å². The van der Waals surface area contributed by atoms with Crippen molar-refractivity contribution in [3.63, 3.8) is 0 Å². The summed E-state index contributed by atoms with van der Waals surface area (Å²) >= 11 is 6.08. The van der Waals surface area contributed by atoms with Gasteiger partial charge in [0.1, 0.15) is 5.75 Å². The molecule has 0 bridgehead atoms. The second-order valence-corrected chi connectivity index (χ2v) is 5.95. The third kappa shape index (κ3) is 4.98. The van der Waals surface area contributed by atoms with E-state index in [9.17, 15) is 4.79 Å². The molecule has 2 aromatic carbocycles. The van der Waals surface area contributed by atoms with Gasteiger partial charge in [0.05, 0.1) is 20.1 Å². The van der Waals surface area contributed by atoms with Gasteiger partial charge in [0.25, 0.3) is 0 Å². The summed E-state index contributed by atoms with van der Waals surface area (Å²) in [4.78, 5) is 11.5. The molecule has 0 saturated carbocycles. The van der Waals surface area contributed by atoms with Gasteiger partial charge in [-0.2, -0.15) is 0 Å². The van der Waals surface area contributed by atoms with Gasteiger partial charge >= 0.3 is 5.97 Å². The number of nitrogens with two attached hydrogens (primary N) is 1. The predicted octanol–water partition coefficient (Wildman–Crippen LogP) is 3.84. The zero-order valence-corrected chi connectivity index (χ0v) is 14.7. The van der Waals surface area contributed by atoms with Gasteiger partial charge in [0, 0.05) is 16.6 Å². The lowest BCUT2D eigenvalue weighted by molar-refractivity contribution is -0.143. The number of carbonyl (C=O) groups is 1. The van der Waals surface area contributed by atoms with Crippen molar-refractivity contribution in [1.29, 1.82) is 0 Å². The predicted molar refractivity (Wildman–Crippen MR) is 96.4 cm³/mol. The molecule has 1 atom stereocenters. The van der Waals surface area contributed by atoms with E-state index in [0.29, 0.717) is 18.1 Å². The molecule has 0 saturated heterocycles. The van der Waals surface area contributed by atoms with Crippen LogP contribution in [0, 0.1) is 0 Å². The highest BCUT2D eigenvalue weighted by Crippen LogP contribution is 2.32. The largest absolute Gasteiger partial charge is 0.496 e. The standard InChI is InChI=1S/C19H22ClNO3/c1-3-24-19(22)12-16(21)10-13-4-6-14(7-5-13)17-11-15(20)8-9-18(17)23-2/h4-9,11,16H,3,10,12,21H2,1-2H3/t16-/m1/s1. The highest BCUT2D eigenvalue weighted by Gasteiger charge is 2.12. The summed E-state index contributed by atoms with van der Waals surface area (Å²) in [5.74, 6) is 0.511. The average molecular weight is 348 g/mol. The summed E-state index contributed by atoms with van der Waals surface area (Å²) in [6.07, 6.45) is 0.837. The number of esters is 1. The van der Waals surface area contributed by atoms with E-state index in [1.54, 1.807) is 20.1 Å². The second-order valence-electron chi connectivity index (χ2n) is 5.51. The van der Waals surface area contributed by atoms with Crippen molar-refractivity contribution < 1.29 is 14.3 Å². The Morgan fingerprint density at radius 3 is 2.54 bits per heavy atom. The molecule has 0 aliphatic carbocycles. The number of rotatable bonds is 7. The molecule has 0 spiro atoms. The van der Waals surface area contributed by atoms with Gasteiger partial charge in [0.2, 0.25) is 0 Å². The van der Waals surface area contributed by atoms with E-state index in [0.717, 1.165) is 22.4 Å². The fraction of sp³-hybridized carbons (Fsp3) is 0.316. The summed E-state index contributed by atoms with van der Waals surface area (Å²) in [6, 6.07) is 13.3. The summed E-state index contributed by atoms with van der Waals surface area (Å²) in [5, 5.41) is 0.659. The van der Waals surface area contributed by atoms with Crippen molar-refractivity contribution >= 4 is 17.6 Å². The Hall–Kier alpha value is -2.04. The molecule has 0 fully saturated rings. The summed E-state index contributed by atoms with van der Waals surface area (Å²) in [6.45, 7) is 2.16. The van der Waals surface area contributed by atoms with Crippen LogP contribution in [-0.4, -0.2) is 25.7 Å². The molecule has 2 rings (SSSR count). The number of carbonyl (C=O) groups excluding carboxylic acids is 1. The van der Waals surface area contributed by atoms with Crippen molar-refractivity contribution in [2.75, 3.05) is 13.7 Å². The Balaban J connectivity index is 2.08. The van der Waals surface area contributed by atoms with E-state index in [1.165, 1.54) is 0 Å². The Bertz CT molecular complexity index is 686. The molecule has 2 aromatic rings. The van der Waals surface area contributed by atoms with Crippen LogP contribution in [0.4, 0.5) is 0 Å². The SMILES string of the molecule is CCOC(=O)C[C@H](N)Cc1ccc(-c2cc(Cl)ccc2OC)cc1. The summed E-state index contributed by atoms with van der Waals surface area (Å²) in [7, 11) is 1.63. The highest BCUT2D eigenvalue weighted by molar-refractivity contribution is 6.31. The van der Waals surface area contributed by atoms with Crippen LogP contribution in [-0.2, 0) is 16.0 Å². The normalized spacial score (nSPS) is 11.8. The van der Waals surface area contributed by atoms with E-state index in [1.807, 2.05) is 36.4 Å². The quantitative estimate of drug-likeness (QED) is 0.773. The molecule has 4 nitrogen and oxygen atoms in total. The fourth-order valence-corrected chi connectivity index (χ4v) is 2.71. The lowest BCUT2D eigenvalue weighted by atomic mass is 9.99. The van der Waals surface area contributed by atoms with Crippen LogP contribution in [0.1, 0.15) is 18.9 Å². The number of methoxy groups -OCH3 is 1. The molecule has 0 unspecified atom stereocenters. The van der Waals surface area contributed by atoms with Gasteiger partial charge in [0.15, 0.2) is 0 Å². The van der Waals surface area contributed by atoms with Gasteiger partial charge in [-0.25, -0.2) is 0 Å². The average Bonchev–Trinajstić information content (AvgIpc) is 2.55. The molecule has 5 heteroatoms. The molecular formula is C19H22ClNO3. The first-order valence-electron chi connectivity index (χ1n) is 7.87. The molecule has 0 amide bonds. The lowest BCUT2D eigenvalue weighted by Crippen LogP contribution is -2.27. The minimum absolute atomic E-state index is 0.220. The second kappa shape index (κ2) is 8.71. The van der Waals surface area contributed by atoms with Crippen LogP contribution in [0.5, 0.6) is 5.75 Å². The van der Waals surface area contributed by atoms with Crippen molar-refractivity contribution in [2.45, 2.75) is 25.8 Å². The third-order valence-corrected chi connectivity index (χ3v) is 3.89. The number of benzene rings is 2. The molecule has 24 heavy (non-hydrogen) atoms. The molecule has 0 heterocycles. The van der Waals surface area contributed by atoms with Gasteiger partial charge in [-0.1, -0.05) is 35.9 Å². The van der Waals surface area contributed by atoms with E-state index in [2.05, 4.69) is 0 Å². The molecule has 128 valence electrons. The van der Waals surface area contributed by atoms with Crippen LogP contribution < -0.4 is 10.5 Å². The van der Waals surface area contributed by atoms with Crippen LogP contribution in [0.15, 0.2) is 42.5 Å². The first-order chi connectivity index (χ1) is 11.5. The smallest absolute Gasteiger partial charge is 0.307 e. The molecule has 0 aliphatic rings. The first kappa shape index (κ1) is 18.3. The number of hydrogen-bond donors (Lipinski definition) is 1. The number of ether oxygens (including phenoxy) is 2. The zero-order chi connectivity index (χ0) is 17.5. The molecule has 0 radical (unpaired) electrons. The van der Waals surface area contributed by atoms with Gasteiger partial charge in [-0.15, -0.1) is 0 Å². The molecular weight excluding hydrogens is 326 g/mol. The van der Waals surface area contributed by atoms with Crippen LogP contribution >= 0.6 is 11.6 Å². The molecule has 0 aromatic heterocycles. The monoisotopic (exact) mass is 347 g/mol.